The molecule has 0 radical (unpaired) electrons. The van der Waals surface area contributed by atoms with Crippen LogP contribution in [0, 0.1) is 0 Å². The van der Waals surface area contributed by atoms with Crippen LogP contribution in [0.5, 0.6) is 0 Å². The van der Waals surface area contributed by atoms with Crippen molar-refractivity contribution in [3.63, 3.8) is 0 Å². The van der Waals surface area contributed by atoms with Gasteiger partial charge in [-0.15, -0.1) is 0 Å². The lowest BCUT2D eigenvalue weighted by atomic mass is 9.97. The highest BCUT2D eigenvalue weighted by Gasteiger charge is 2.26. The SMILES string of the molecule is c1ccc(-c2ccc(-c3ccc(N(c4ccc(-c5cccc6ccccc56)cc4)c4cccc5c4c4ccc6ccccc6c4n5-c4ccccc4)cc3)cc2)cc1.c1ccc(-n2c3cccc(N(c4ccc(-c5cccc6ccccc56)cc4)c4ccc(-c5cccc6ccccc56)cc4)c3c3ccc4ccccc4c32)cc1. The van der Waals surface area contributed by atoms with Crippen molar-refractivity contribution < 1.29 is 0 Å². The normalized spacial score (nSPS) is 11.5. The van der Waals surface area contributed by atoms with Gasteiger partial charge in [0.15, 0.2) is 0 Å². The van der Waals surface area contributed by atoms with Crippen molar-refractivity contribution in [1.29, 1.82) is 0 Å². The summed E-state index contributed by atoms with van der Waals surface area (Å²) in [4.78, 5) is 4.87. The van der Waals surface area contributed by atoms with E-state index in [2.05, 4.69) is 468 Å². The van der Waals surface area contributed by atoms with Gasteiger partial charge in [0.2, 0.25) is 0 Å². The van der Waals surface area contributed by atoms with Crippen LogP contribution in [-0.2, 0) is 0 Å². The number of para-hydroxylation sites is 2. The Morgan fingerprint density at radius 1 is 0.158 bits per heavy atom. The van der Waals surface area contributed by atoms with Crippen LogP contribution >= 0.6 is 0 Å². The predicted molar refractivity (Wildman–Crippen MR) is 486 cm³/mol. The molecule has 2 heterocycles. The second-order valence-electron chi connectivity index (χ2n) is 29.4. The summed E-state index contributed by atoms with van der Waals surface area (Å²) < 4.78 is 4.89. The summed E-state index contributed by atoms with van der Waals surface area (Å²) in [5.41, 5.74) is 25.8. The Bertz CT molecular complexity index is 7210. The van der Waals surface area contributed by atoms with Gasteiger partial charge in [0.25, 0.3) is 0 Å². The minimum Gasteiger partial charge on any atom is -0.310 e. The quantitative estimate of drug-likeness (QED) is 0.114. The van der Waals surface area contributed by atoms with E-state index < -0.39 is 0 Å². The van der Waals surface area contributed by atoms with E-state index in [0.717, 1.165) is 45.5 Å². The first-order valence-corrected chi connectivity index (χ1v) is 39.2. The molecule has 4 nitrogen and oxygen atoms in total. The summed E-state index contributed by atoms with van der Waals surface area (Å²) in [6.07, 6.45) is 0. The fraction of sp³-hybridized carbons (Fsp3) is 0. The van der Waals surface area contributed by atoms with Gasteiger partial charge in [0, 0.05) is 66.4 Å². The standard InChI is InChI=1S/C56H38N2.C54H36N2/c1-3-13-39(14-4-1)40-25-27-41(28-26-40)42-29-34-47(35-30-42)57(48-36-31-45(32-37-48)50-22-11-17-43-15-7-9-20-49(43)50)53-23-12-24-54-55(53)52-38-33-44-16-8-10-21-51(44)56(52)58(54)46-18-5-2-6-19-46;1-2-18-42(19-3-1)56-52-26-12-25-51(53(52)50-36-31-39-15-6-9-22-49(39)54(50)56)55(43-32-27-40(28-33-43)47-23-10-16-37-13-4-7-20-45(37)47)44-34-29-41(30-35-44)48-24-11-17-38-14-5-8-21-46(38)48/h1-38H;1-36H. The molecule has 0 amide bonds. The minimum atomic E-state index is 1.09. The molecule has 20 aromatic carbocycles. The minimum absolute atomic E-state index is 1.09. The van der Waals surface area contributed by atoms with Gasteiger partial charge in [-0.3, -0.25) is 0 Å². The third-order valence-corrected chi connectivity index (χ3v) is 22.9. The molecule has 0 aliphatic rings. The molecule has 0 aliphatic heterocycles. The lowest BCUT2D eigenvalue weighted by Crippen LogP contribution is -2.10. The maximum absolute atomic E-state index is 2.45. The molecule has 2 aromatic heterocycles. The predicted octanol–water partition coefficient (Wildman–Crippen LogP) is 30.6. The number of aromatic nitrogens is 2. The van der Waals surface area contributed by atoms with Crippen molar-refractivity contribution >= 4 is 132 Å². The number of rotatable bonds is 13. The molecule has 0 N–H and O–H groups in total. The monoisotopic (exact) mass is 1450 g/mol. The highest BCUT2D eigenvalue weighted by Crippen LogP contribution is 2.49. The van der Waals surface area contributed by atoms with Crippen LogP contribution in [0.3, 0.4) is 0 Å². The smallest absolute Gasteiger partial charge is 0.0620 e. The van der Waals surface area contributed by atoms with E-state index in [1.54, 1.807) is 0 Å². The third-order valence-electron chi connectivity index (χ3n) is 22.9. The first-order valence-electron chi connectivity index (χ1n) is 39.2. The molecule has 0 fully saturated rings. The highest BCUT2D eigenvalue weighted by atomic mass is 15.2. The van der Waals surface area contributed by atoms with Gasteiger partial charge in [0.05, 0.1) is 33.4 Å². The molecule has 534 valence electrons. The van der Waals surface area contributed by atoms with Crippen molar-refractivity contribution in [2.45, 2.75) is 0 Å². The number of benzene rings is 20. The zero-order chi connectivity index (χ0) is 75.4. The van der Waals surface area contributed by atoms with Gasteiger partial charge in [-0.25, -0.2) is 0 Å². The number of hydrogen-bond donors (Lipinski definition) is 0. The van der Waals surface area contributed by atoms with Gasteiger partial charge >= 0.3 is 0 Å². The molecule has 0 unspecified atom stereocenters. The summed E-state index contributed by atoms with van der Waals surface area (Å²) in [5, 5.41) is 17.3. The Balaban J connectivity index is 0.000000143. The first kappa shape index (κ1) is 67.0. The Hall–Kier alpha value is -15.1. The van der Waals surface area contributed by atoms with Crippen LogP contribution in [-0.4, -0.2) is 9.13 Å². The average molecular weight is 1450 g/mol. The van der Waals surface area contributed by atoms with E-state index in [1.807, 2.05) is 0 Å². The molecule has 22 rings (SSSR count). The molecule has 0 aliphatic carbocycles. The van der Waals surface area contributed by atoms with E-state index in [0.29, 0.717) is 0 Å². The molecule has 0 bridgehead atoms. The Morgan fingerprint density at radius 2 is 0.412 bits per heavy atom. The maximum atomic E-state index is 2.45. The van der Waals surface area contributed by atoms with Crippen LogP contribution in [0.1, 0.15) is 0 Å². The summed E-state index contributed by atoms with van der Waals surface area (Å²) in [6.45, 7) is 0. The van der Waals surface area contributed by atoms with Crippen LogP contribution < -0.4 is 9.80 Å². The Morgan fingerprint density at radius 3 is 0.754 bits per heavy atom. The molecule has 0 spiro atoms. The van der Waals surface area contributed by atoms with Crippen molar-refractivity contribution in [3.05, 3.63) is 449 Å². The molecular weight excluding hydrogens is 1380 g/mol. The number of nitrogens with zero attached hydrogens (tertiary/aromatic N) is 4. The largest absolute Gasteiger partial charge is 0.310 e. The summed E-state index contributed by atoms with van der Waals surface area (Å²) in [7, 11) is 0. The van der Waals surface area contributed by atoms with Gasteiger partial charge in [-0.05, 0) is 196 Å². The van der Waals surface area contributed by atoms with E-state index in [1.165, 1.54) is 153 Å². The summed E-state index contributed by atoms with van der Waals surface area (Å²) in [5.74, 6) is 0. The van der Waals surface area contributed by atoms with Crippen LogP contribution in [0.2, 0.25) is 0 Å². The topological polar surface area (TPSA) is 16.3 Å². The zero-order valence-corrected chi connectivity index (χ0v) is 62.5. The lowest BCUT2D eigenvalue weighted by molar-refractivity contribution is 1.18. The molecule has 4 heteroatoms. The summed E-state index contributed by atoms with van der Waals surface area (Å²) >= 11 is 0. The van der Waals surface area contributed by atoms with Gasteiger partial charge < -0.3 is 18.9 Å². The molecule has 0 saturated heterocycles. The molecular formula is C110H74N4. The van der Waals surface area contributed by atoms with Crippen LogP contribution in [0.25, 0.3) is 164 Å². The van der Waals surface area contributed by atoms with Crippen molar-refractivity contribution in [1.82, 2.24) is 9.13 Å². The summed E-state index contributed by atoms with van der Waals surface area (Å²) in [6, 6.07) is 163. The molecule has 114 heavy (non-hydrogen) atoms. The average Bonchev–Trinajstić information content (AvgIpc) is 1.57. The van der Waals surface area contributed by atoms with Crippen LogP contribution in [0.15, 0.2) is 449 Å². The molecule has 0 saturated carbocycles. The molecule has 0 atom stereocenters. The van der Waals surface area contributed by atoms with Gasteiger partial charge in [-0.2, -0.15) is 0 Å². The second kappa shape index (κ2) is 28.7. The Labute approximate surface area is 662 Å². The maximum Gasteiger partial charge on any atom is 0.0620 e. The lowest BCUT2D eigenvalue weighted by Gasteiger charge is -2.27. The van der Waals surface area contributed by atoms with Gasteiger partial charge in [-0.1, -0.05) is 352 Å². The van der Waals surface area contributed by atoms with E-state index in [4.69, 9.17) is 0 Å². The first-order chi connectivity index (χ1) is 56.6. The fourth-order valence-corrected chi connectivity index (χ4v) is 17.6. The number of hydrogen-bond acceptors (Lipinski definition) is 2. The second-order valence-corrected chi connectivity index (χ2v) is 29.4. The van der Waals surface area contributed by atoms with Crippen molar-refractivity contribution in [2.75, 3.05) is 9.80 Å². The third kappa shape index (κ3) is 11.9. The van der Waals surface area contributed by atoms with Crippen molar-refractivity contribution in [3.8, 4) is 67.0 Å². The van der Waals surface area contributed by atoms with Crippen molar-refractivity contribution in [2.24, 2.45) is 0 Å². The number of fused-ring (bicyclic) bond motifs is 13. The van der Waals surface area contributed by atoms with Crippen LogP contribution in [0.4, 0.5) is 34.1 Å². The highest BCUT2D eigenvalue weighted by molar-refractivity contribution is 6.24. The van der Waals surface area contributed by atoms with Gasteiger partial charge in [0.1, 0.15) is 0 Å². The molecule has 22 aromatic rings. The Kier molecular flexibility index (Phi) is 16.9. The zero-order valence-electron chi connectivity index (χ0n) is 62.5. The van der Waals surface area contributed by atoms with E-state index >= 15 is 0 Å². The van der Waals surface area contributed by atoms with E-state index in [9.17, 15) is 0 Å². The van der Waals surface area contributed by atoms with E-state index in [-0.39, 0.29) is 0 Å². The fourth-order valence-electron chi connectivity index (χ4n) is 17.6. The number of anilines is 6.